The highest BCUT2D eigenvalue weighted by Gasteiger charge is 2.25. The number of halogens is 1. The molecule has 4 nitrogen and oxygen atoms in total. The Balaban J connectivity index is 2.16. The van der Waals surface area contributed by atoms with Crippen molar-refractivity contribution in [1.29, 1.82) is 0 Å². The molecule has 0 saturated carbocycles. The monoisotopic (exact) mass is 310 g/mol. The Hall–Kier alpha value is -1.26. The quantitative estimate of drug-likeness (QED) is 0.899. The molecular formula is C16H23ClN2O2. The van der Waals surface area contributed by atoms with Crippen LogP contribution in [-0.2, 0) is 0 Å². The molecule has 1 heterocycles. The predicted octanol–water partition coefficient (Wildman–Crippen LogP) is 2.90. The number of benzene rings is 1. The number of phenolic OH excluding ortho intramolecular Hbond substituents is 1. The molecule has 1 aliphatic heterocycles. The van der Waals surface area contributed by atoms with Gasteiger partial charge >= 0.3 is 0 Å². The van der Waals surface area contributed by atoms with Crippen molar-refractivity contribution in [2.75, 3.05) is 19.6 Å². The highest BCUT2D eigenvalue weighted by Crippen LogP contribution is 2.24. The summed E-state index contributed by atoms with van der Waals surface area (Å²) >= 11 is 6.11. The number of aromatic hydroxyl groups is 1. The summed E-state index contributed by atoms with van der Waals surface area (Å²) in [7, 11) is 0. The van der Waals surface area contributed by atoms with Crippen molar-refractivity contribution in [1.82, 2.24) is 10.2 Å². The summed E-state index contributed by atoms with van der Waals surface area (Å²) in [6, 6.07) is 4.60. The second-order valence-electron chi connectivity index (χ2n) is 5.91. The Kier molecular flexibility index (Phi) is 5.48. The van der Waals surface area contributed by atoms with Crippen LogP contribution >= 0.6 is 11.6 Å². The number of amides is 1. The van der Waals surface area contributed by atoms with Gasteiger partial charge in [-0.25, -0.2) is 0 Å². The van der Waals surface area contributed by atoms with Crippen molar-refractivity contribution in [3.05, 3.63) is 28.8 Å². The minimum atomic E-state index is -0.107. The van der Waals surface area contributed by atoms with Crippen LogP contribution in [0.1, 0.15) is 37.0 Å². The van der Waals surface area contributed by atoms with E-state index < -0.39 is 0 Å². The highest BCUT2D eigenvalue weighted by molar-refractivity contribution is 6.33. The zero-order chi connectivity index (χ0) is 15.4. The van der Waals surface area contributed by atoms with E-state index in [0.29, 0.717) is 16.5 Å². The first-order valence-electron chi connectivity index (χ1n) is 7.49. The molecule has 1 aromatic rings. The normalized spacial score (nSPS) is 16.2. The Morgan fingerprint density at radius 3 is 2.71 bits per heavy atom. The van der Waals surface area contributed by atoms with Gasteiger partial charge in [0.05, 0.1) is 10.6 Å². The number of hydrogen-bond donors (Lipinski definition) is 2. The number of carbonyl (C=O) groups excluding carboxylic acids is 1. The molecule has 2 rings (SSSR count). The Labute approximate surface area is 131 Å². The Morgan fingerprint density at radius 1 is 1.43 bits per heavy atom. The van der Waals surface area contributed by atoms with Crippen LogP contribution in [0.3, 0.4) is 0 Å². The molecule has 1 aromatic carbocycles. The van der Waals surface area contributed by atoms with E-state index in [9.17, 15) is 9.90 Å². The van der Waals surface area contributed by atoms with Crippen LogP contribution < -0.4 is 5.32 Å². The average Bonchev–Trinajstić information content (AvgIpc) is 2.47. The summed E-state index contributed by atoms with van der Waals surface area (Å²) in [6.45, 7) is 6.78. The molecule has 5 heteroatoms. The maximum Gasteiger partial charge on any atom is 0.255 e. The smallest absolute Gasteiger partial charge is 0.255 e. The molecule has 116 valence electrons. The van der Waals surface area contributed by atoms with Gasteiger partial charge in [0, 0.05) is 12.6 Å². The maximum atomic E-state index is 12.7. The zero-order valence-electron chi connectivity index (χ0n) is 12.6. The van der Waals surface area contributed by atoms with Gasteiger partial charge in [0.2, 0.25) is 0 Å². The summed E-state index contributed by atoms with van der Waals surface area (Å²) in [5.41, 5.74) is 0.374. The molecule has 0 aliphatic carbocycles. The van der Waals surface area contributed by atoms with Gasteiger partial charge in [0.25, 0.3) is 5.91 Å². The molecule has 1 amide bonds. The van der Waals surface area contributed by atoms with Gasteiger partial charge in [-0.3, -0.25) is 4.79 Å². The van der Waals surface area contributed by atoms with Gasteiger partial charge in [-0.1, -0.05) is 11.6 Å². The molecule has 0 atom stereocenters. The molecule has 0 unspecified atom stereocenters. The van der Waals surface area contributed by atoms with Crippen molar-refractivity contribution in [2.24, 2.45) is 5.92 Å². The molecule has 21 heavy (non-hydrogen) atoms. The summed E-state index contributed by atoms with van der Waals surface area (Å²) in [4.78, 5) is 14.6. The van der Waals surface area contributed by atoms with E-state index in [2.05, 4.69) is 5.32 Å². The first kappa shape index (κ1) is 16.1. The number of phenols is 1. The summed E-state index contributed by atoms with van der Waals surface area (Å²) in [5, 5.41) is 13.3. The average molecular weight is 311 g/mol. The van der Waals surface area contributed by atoms with Gasteiger partial charge < -0.3 is 15.3 Å². The molecule has 0 bridgehead atoms. The van der Waals surface area contributed by atoms with Crippen LogP contribution in [0, 0.1) is 5.92 Å². The fraction of sp³-hybridized carbons (Fsp3) is 0.562. The van der Waals surface area contributed by atoms with E-state index in [1.807, 2.05) is 18.7 Å². The van der Waals surface area contributed by atoms with Gasteiger partial charge in [0.15, 0.2) is 0 Å². The Morgan fingerprint density at radius 2 is 2.10 bits per heavy atom. The lowest BCUT2D eigenvalue weighted by atomic mass is 9.96. The van der Waals surface area contributed by atoms with Gasteiger partial charge in [-0.05, 0) is 63.9 Å². The molecular weight excluding hydrogens is 288 g/mol. The summed E-state index contributed by atoms with van der Waals surface area (Å²) < 4.78 is 0. The fourth-order valence-electron chi connectivity index (χ4n) is 2.70. The number of piperidine rings is 1. The maximum absolute atomic E-state index is 12.7. The number of carbonyl (C=O) groups is 1. The lowest BCUT2D eigenvalue weighted by Crippen LogP contribution is -2.43. The first-order chi connectivity index (χ1) is 9.99. The number of nitrogens with one attached hydrogen (secondary N) is 1. The van der Waals surface area contributed by atoms with E-state index in [1.54, 1.807) is 6.07 Å². The lowest BCUT2D eigenvalue weighted by molar-refractivity contribution is 0.0658. The number of nitrogens with zero attached hydrogens (tertiary/aromatic N) is 1. The summed E-state index contributed by atoms with van der Waals surface area (Å²) in [5.74, 6) is 0.478. The van der Waals surface area contributed by atoms with Crippen molar-refractivity contribution in [3.63, 3.8) is 0 Å². The predicted molar refractivity (Wildman–Crippen MR) is 84.9 cm³/mol. The lowest BCUT2D eigenvalue weighted by Gasteiger charge is -2.33. The van der Waals surface area contributed by atoms with Crippen LogP contribution in [0.5, 0.6) is 5.75 Å². The topological polar surface area (TPSA) is 52.6 Å². The molecule has 1 fully saturated rings. The molecule has 0 aromatic heterocycles. The van der Waals surface area contributed by atoms with E-state index >= 15 is 0 Å². The van der Waals surface area contributed by atoms with E-state index in [0.717, 1.165) is 32.5 Å². The van der Waals surface area contributed by atoms with Crippen LogP contribution in [0.2, 0.25) is 5.02 Å². The Bertz CT molecular complexity index is 499. The second-order valence-corrected chi connectivity index (χ2v) is 6.32. The van der Waals surface area contributed by atoms with E-state index in [4.69, 9.17) is 11.6 Å². The SMILES string of the molecule is CC(C)N(CC1CCNCC1)C(=O)c1cc(O)ccc1Cl. The van der Waals surface area contributed by atoms with Crippen molar-refractivity contribution in [2.45, 2.75) is 32.7 Å². The van der Waals surface area contributed by atoms with Crippen LogP contribution in [0.15, 0.2) is 18.2 Å². The molecule has 0 radical (unpaired) electrons. The molecule has 1 saturated heterocycles. The third kappa shape index (κ3) is 4.11. The van der Waals surface area contributed by atoms with Crippen molar-refractivity contribution >= 4 is 17.5 Å². The minimum absolute atomic E-state index is 0.0633. The fourth-order valence-corrected chi connectivity index (χ4v) is 2.90. The van der Waals surface area contributed by atoms with Gasteiger partial charge in [-0.2, -0.15) is 0 Å². The summed E-state index contributed by atoms with van der Waals surface area (Å²) in [6.07, 6.45) is 2.18. The third-order valence-corrected chi connectivity index (χ3v) is 4.31. The van der Waals surface area contributed by atoms with E-state index in [-0.39, 0.29) is 17.7 Å². The number of rotatable bonds is 4. The van der Waals surface area contributed by atoms with Gasteiger partial charge in [0.1, 0.15) is 5.75 Å². The largest absolute Gasteiger partial charge is 0.508 e. The van der Waals surface area contributed by atoms with Crippen molar-refractivity contribution < 1.29 is 9.90 Å². The van der Waals surface area contributed by atoms with Crippen LogP contribution in [-0.4, -0.2) is 41.6 Å². The van der Waals surface area contributed by atoms with Crippen LogP contribution in [0.4, 0.5) is 0 Å². The van der Waals surface area contributed by atoms with E-state index in [1.165, 1.54) is 12.1 Å². The van der Waals surface area contributed by atoms with Gasteiger partial charge in [-0.15, -0.1) is 0 Å². The second kappa shape index (κ2) is 7.14. The molecule has 2 N–H and O–H groups in total. The minimum Gasteiger partial charge on any atom is -0.508 e. The number of hydrogen-bond acceptors (Lipinski definition) is 3. The third-order valence-electron chi connectivity index (χ3n) is 3.98. The highest BCUT2D eigenvalue weighted by atomic mass is 35.5. The molecule has 1 aliphatic rings. The van der Waals surface area contributed by atoms with Crippen molar-refractivity contribution in [3.8, 4) is 5.75 Å². The first-order valence-corrected chi connectivity index (χ1v) is 7.87. The zero-order valence-corrected chi connectivity index (χ0v) is 13.4. The van der Waals surface area contributed by atoms with Crippen LogP contribution in [0.25, 0.3) is 0 Å². The standard InChI is InChI=1S/C16H23ClN2O2/c1-11(2)19(10-12-5-7-18-8-6-12)16(21)14-9-13(20)3-4-15(14)17/h3-4,9,11-12,18,20H,5-8,10H2,1-2H3. The molecule has 0 spiro atoms.